The zero-order valence-electron chi connectivity index (χ0n) is 12.7. The van der Waals surface area contributed by atoms with Crippen LogP contribution >= 0.6 is 0 Å². The molecule has 112 valence electrons. The van der Waals surface area contributed by atoms with Gasteiger partial charge in [-0.3, -0.25) is 0 Å². The van der Waals surface area contributed by atoms with Gasteiger partial charge in [-0.05, 0) is 38.5 Å². The van der Waals surface area contributed by atoms with Crippen LogP contribution in [0.25, 0.3) is 0 Å². The first-order valence-corrected chi connectivity index (χ1v) is 8.08. The highest BCUT2D eigenvalue weighted by Crippen LogP contribution is 2.49. The molecular formula is C16H30O3. The first-order valence-electron chi connectivity index (χ1n) is 8.08. The monoisotopic (exact) mass is 270 g/mol. The van der Waals surface area contributed by atoms with Gasteiger partial charge in [-0.1, -0.05) is 26.2 Å². The average molecular weight is 270 g/mol. The minimum absolute atomic E-state index is 0.196. The van der Waals surface area contributed by atoms with Crippen LogP contribution in [0.3, 0.4) is 0 Å². The summed E-state index contributed by atoms with van der Waals surface area (Å²) < 4.78 is 17.0. The van der Waals surface area contributed by atoms with Gasteiger partial charge in [0.25, 0.3) is 0 Å². The Morgan fingerprint density at radius 1 is 1.05 bits per heavy atom. The van der Waals surface area contributed by atoms with Gasteiger partial charge < -0.3 is 14.2 Å². The van der Waals surface area contributed by atoms with Gasteiger partial charge in [0.15, 0.2) is 0 Å². The van der Waals surface area contributed by atoms with Crippen molar-refractivity contribution in [2.45, 2.75) is 70.5 Å². The van der Waals surface area contributed by atoms with Crippen LogP contribution in [0.4, 0.5) is 0 Å². The maximum Gasteiger partial charge on any atom is 0.0923 e. The Bertz CT molecular complexity index is 256. The molecule has 1 saturated heterocycles. The highest BCUT2D eigenvalue weighted by Gasteiger charge is 2.55. The highest BCUT2D eigenvalue weighted by molar-refractivity contribution is 5.03. The Morgan fingerprint density at radius 2 is 1.89 bits per heavy atom. The van der Waals surface area contributed by atoms with Gasteiger partial charge in [0.05, 0.1) is 24.9 Å². The largest absolute Gasteiger partial charge is 0.379 e. The summed E-state index contributed by atoms with van der Waals surface area (Å²) in [4.78, 5) is 0. The van der Waals surface area contributed by atoms with Crippen molar-refractivity contribution in [1.29, 1.82) is 0 Å². The highest BCUT2D eigenvalue weighted by atomic mass is 16.6. The van der Waals surface area contributed by atoms with Gasteiger partial charge in [0.2, 0.25) is 0 Å². The molecule has 1 aliphatic heterocycles. The summed E-state index contributed by atoms with van der Waals surface area (Å²) in [7, 11) is 0. The molecule has 2 rings (SSSR count). The molecule has 0 N–H and O–H groups in total. The van der Waals surface area contributed by atoms with Crippen molar-refractivity contribution in [3.8, 4) is 0 Å². The maximum atomic E-state index is 5.73. The van der Waals surface area contributed by atoms with Crippen molar-refractivity contribution in [3.63, 3.8) is 0 Å². The van der Waals surface area contributed by atoms with E-state index in [0.717, 1.165) is 26.4 Å². The number of hydrogen-bond acceptors (Lipinski definition) is 3. The zero-order valence-corrected chi connectivity index (χ0v) is 12.7. The maximum absolute atomic E-state index is 5.73. The fourth-order valence-electron chi connectivity index (χ4n) is 3.14. The van der Waals surface area contributed by atoms with E-state index in [0.29, 0.717) is 12.0 Å². The van der Waals surface area contributed by atoms with Gasteiger partial charge in [-0.25, -0.2) is 0 Å². The van der Waals surface area contributed by atoms with Gasteiger partial charge in [-0.15, -0.1) is 0 Å². The summed E-state index contributed by atoms with van der Waals surface area (Å²) in [6.45, 7) is 7.73. The number of ether oxygens (including phenoxy) is 3. The third kappa shape index (κ3) is 5.05. The third-order valence-electron chi connectivity index (χ3n) is 4.43. The van der Waals surface area contributed by atoms with Crippen molar-refractivity contribution < 1.29 is 14.2 Å². The molecule has 0 aromatic rings. The lowest BCUT2D eigenvalue weighted by atomic mass is 9.83. The zero-order chi connectivity index (χ0) is 13.6. The molecule has 2 fully saturated rings. The van der Waals surface area contributed by atoms with Gasteiger partial charge in [0, 0.05) is 13.2 Å². The Kier molecular flexibility index (Phi) is 6.11. The minimum atomic E-state index is 0.196. The Hall–Kier alpha value is -0.120. The number of epoxide rings is 1. The lowest BCUT2D eigenvalue weighted by Crippen LogP contribution is -2.25. The van der Waals surface area contributed by atoms with E-state index < -0.39 is 0 Å². The molecule has 0 bridgehead atoms. The van der Waals surface area contributed by atoms with E-state index in [4.69, 9.17) is 14.2 Å². The second kappa shape index (κ2) is 7.61. The minimum Gasteiger partial charge on any atom is -0.379 e. The number of fused-ring (bicyclic) bond motifs is 1. The molecule has 3 unspecified atom stereocenters. The van der Waals surface area contributed by atoms with Crippen LogP contribution in [0.5, 0.6) is 0 Å². The summed E-state index contributed by atoms with van der Waals surface area (Å²) in [6.07, 6.45) is 9.30. The van der Waals surface area contributed by atoms with E-state index in [1.54, 1.807) is 0 Å². The fourth-order valence-corrected chi connectivity index (χ4v) is 3.14. The quantitative estimate of drug-likeness (QED) is 0.449. The molecular weight excluding hydrogens is 240 g/mol. The van der Waals surface area contributed by atoms with Crippen molar-refractivity contribution in [1.82, 2.24) is 0 Å². The van der Waals surface area contributed by atoms with E-state index in [-0.39, 0.29) is 5.60 Å². The fraction of sp³-hybridized carbons (Fsp3) is 1.00. The van der Waals surface area contributed by atoms with Crippen molar-refractivity contribution in [2.24, 2.45) is 5.92 Å². The second-order valence-electron chi connectivity index (χ2n) is 6.31. The van der Waals surface area contributed by atoms with Crippen LogP contribution < -0.4 is 0 Å². The van der Waals surface area contributed by atoms with Crippen molar-refractivity contribution in [2.75, 3.05) is 26.4 Å². The first-order chi connectivity index (χ1) is 9.24. The summed E-state index contributed by atoms with van der Waals surface area (Å²) in [5, 5.41) is 0. The standard InChI is InChI=1S/C16H30O3/c1-3-4-5-6-9-17-10-11-18-13-14-7-8-15-16(2,12-14)19-15/h14-15H,3-13H2,1-2H3. The lowest BCUT2D eigenvalue weighted by Gasteiger charge is -2.23. The molecule has 0 spiro atoms. The van der Waals surface area contributed by atoms with Gasteiger partial charge in [-0.2, -0.15) is 0 Å². The number of unbranched alkanes of at least 4 members (excludes halogenated alkanes) is 3. The molecule has 1 heterocycles. The van der Waals surface area contributed by atoms with E-state index in [9.17, 15) is 0 Å². The average Bonchev–Trinajstić information content (AvgIpc) is 3.07. The normalized spacial score (nSPS) is 33.2. The predicted octanol–water partition coefficient (Wildman–Crippen LogP) is 3.56. The van der Waals surface area contributed by atoms with Crippen LogP contribution in [0, 0.1) is 5.92 Å². The smallest absolute Gasteiger partial charge is 0.0923 e. The predicted molar refractivity (Wildman–Crippen MR) is 76.4 cm³/mol. The summed E-state index contributed by atoms with van der Waals surface area (Å²) in [6, 6.07) is 0. The molecule has 0 aromatic carbocycles. The second-order valence-corrected chi connectivity index (χ2v) is 6.31. The molecule has 0 radical (unpaired) electrons. The Balaban J connectivity index is 1.38. The molecule has 2 aliphatic rings. The molecule has 1 aliphatic carbocycles. The van der Waals surface area contributed by atoms with Crippen LogP contribution in [-0.4, -0.2) is 38.1 Å². The summed E-state index contributed by atoms with van der Waals surface area (Å²) in [5.41, 5.74) is 0.196. The van der Waals surface area contributed by atoms with Crippen LogP contribution in [0.15, 0.2) is 0 Å². The molecule has 0 aromatic heterocycles. The van der Waals surface area contributed by atoms with Crippen molar-refractivity contribution >= 4 is 0 Å². The molecule has 3 heteroatoms. The lowest BCUT2D eigenvalue weighted by molar-refractivity contribution is 0.0254. The van der Waals surface area contributed by atoms with E-state index in [1.807, 2.05) is 0 Å². The Labute approximate surface area is 118 Å². The van der Waals surface area contributed by atoms with Gasteiger partial charge in [0.1, 0.15) is 0 Å². The molecule has 3 atom stereocenters. The first kappa shape index (κ1) is 15.3. The molecule has 0 amide bonds. The number of hydrogen-bond donors (Lipinski definition) is 0. The van der Waals surface area contributed by atoms with Crippen LogP contribution in [0.1, 0.15) is 58.8 Å². The third-order valence-corrected chi connectivity index (χ3v) is 4.43. The van der Waals surface area contributed by atoms with Crippen LogP contribution in [-0.2, 0) is 14.2 Å². The molecule has 1 saturated carbocycles. The topological polar surface area (TPSA) is 31.0 Å². The Morgan fingerprint density at radius 3 is 2.68 bits per heavy atom. The van der Waals surface area contributed by atoms with Gasteiger partial charge >= 0.3 is 0 Å². The van der Waals surface area contributed by atoms with Crippen molar-refractivity contribution in [3.05, 3.63) is 0 Å². The molecule has 3 nitrogen and oxygen atoms in total. The molecule has 19 heavy (non-hydrogen) atoms. The summed E-state index contributed by atoms with van der Waals surface area (Å²) >= 11 is 0. The number of rotatable bonds is 10. The van der Waals surface area contributed by atoms with E-state index >= 15 is 0 Å². The summed E-state index contributed by atoms with van der Waals surface area (Å²) in [5.74, 6) is 0.688. The van der Waals surface area contributed by atoms with Crippen LogP contribution in [0.2, 0.25) is 0 Å². The van der Waals surface area contributed by atoms with E-state index in [2.05, 4.69) is 13.8 Å². The van der Waals surface area contributed by atoms with E-state index in [1.165, 1.54) is 44.9 Å². The SMILES string of the molecule is CCCCCCOCCOCC1CCC2OC2(C)C1.